The second-order valence-electron chi connectivity index (χ2n) is 20.9. The van der Waals surface area contributed by atoms with Crippen LogP contribution in [0.3, 0.4) is 0 Å². The zero-order valence-electron chi connectivity index (χ0n) is 51.1. The van der Waals surface area contributed by atoms with Crippen molar-refractivity contribution in [3.05, 3.63) is 146 Å². The topological polar surface area (TPSA) is 78.9 Å². The largest absolute Gasteiger partial charge is 0.462 e. The molecule has 0 spiro atoms. The molecule has 0 bridgehead atoms. The lowest BCUT2D eigenvalue weighted by atomic mass is 10.1. The molecule has 79 heavy (non-hydrogen) atoms. The van der Waals surface area contributed by atoms with E-state index in [9.17, 15) is 14.4 Å². The second kappa shape index (κ2) is 65.8. The molecule has 0 fully saturated rings. The molecule has 0 saturated heterocycles. The summed E-state index contributed by atoms with van der Waals surface area (Å²) in [6.07, 6.45) is 94.4. The minimum absolute atomic E-state index is 0.0981. The summed E-state index contributed by atoms with van der Waals surface area (Å²) >= 11 is 0. The van der Waals surface area contributed by atoms with Crippen molar-refractivity contribution < 1.29 is 28.6 Å². The van der Waals surface area contributed by atoms with Crippen molar-refractivity contribution in [3.8, 4) is 0 Å². The van der Waals surface area contributed by atoms with Crippen molar-refractivity contribution >= 4 is 17.9 Å². The van der Waals surface area contributed by atoms with E-state index in [1.165, 1.54) is 83.5 Å². The fraction of sp³-hybridized carbons (Fsp3) is 0.630. The number of ether oxygens (including phenoxy) is 3. The molecule has 0 radical (unpaired) electrons. The van der Waals surface area contributed by atoms with E-state index in [1.54, 1.807) is 0 Å². The van der Waals surface area contributed by atoms with Crippen LogP contribution in [0.4, 0.5) is 0 Å². The molecule has 0 rings (SSSR count). The molecule has 1 atom stereocenters. The Balaban J connectivity index is 4.22. The van der Waals surface area contributed by atoms with Gasteiger partial charge >= 0.3 is 17.9 Å². The Hall–Kier alpha value is -4.71. The van der Waals surface area contributed by atoms with E-state index in [2.05, 4.69) is 167 Å². The first-order valence-corrected chi connectivity index (χ1v) is 32.3. The van der Waals surface area contributed by atoms with Crippen molar-refractivity contribution in [1.82, 2.24) is 0 Å². The lowest BCUT2D eigenvalue weighted by Gasteiger charge is -2.18. The maximum Gasteiger partial charge on any atom is 0.306 e. The molecule has 0 amide bonds. The molecule has 0 aromatic carbocycles. The molecule has 446 valence electrons. The summed E-state index contributed by atoms with van der Waals surface area (Å²) in [5, 5.41) is 0. The molecule has 0 aliphatic carbocycles. The third kappa shape index (κ3) is 64.0. The summed E-state index contributed by atoms with van der Waals surface area (Å²) in [6.45, 7) is 6.36. The quantitative estimate of drug-likeness (QED) is 0.0261. The number of hydrogen-bond acceptors (Lipinski definition) is 6. The van der Waals surface area contributed by atoms with Crippen LogP contribution in [0, 0.1) is 0 Å². The first-order chi connectivity index (χ1) is 39.0. The minimum atomic E-state index is -0.803. The van der Waals surface area contributed by atoms with Gasteiger partial charge in [-0.3, -0.25) is 14.4 Å². The highest BCUT2D eigenvalue weighted by molar-refractivity contribution is 5.71. The predicted octanol–water partition coefficient (Wildman–Crippen LogP) is 22.3. The third-order valence-corrected chi connectivity index (χ3v) is 13.3. The number of hydrogen-bond donors (Lipinski definition) is 0. The number of carbonyl (C=O) groups excluding carboxylic acids is 3. The molecule has 6 nitrogen and oxygen atoms in total. The Bertz CT molecular complexity index is 1730. The van der Waals surface area contributed by atoms with E-state index in [1.807, 2.05) is 0 Å². The van der Waals surface area contributed by atoms with Crippen LogP contribution in [0.15, 0.2) is 146 Å². The maximum absolute atomic E-state index is 12.8. The lowest BCUT2D eigenvalue weighted by Crippen LogP contribution is -2.30. The standard InChI is InChI=1S/C73H118O6/c1-4-7-10-13-16-19-22-25-26-27-28-29-30-31-32-33-34-35-36-37-38-39-40-41-42-43-44-45-46-49-51-54-57-60-63-66-72(75)78-69-70(79-73(76)67-64-61-58-55-52-48-24-21-18-15-12-9-6-3)68-77-71(74)65-62-59-56-53-50-47-23-20-17-14-11-8-5-2/h7,9-10,12,16,18-21,23,25-26,28-29,31-32,34-35,37-38,40-41,48,52,70H,4-6,8,11,13-15,17,22,24,27,30,33,36,39,42-47,49-51,53-69H2,1-3H3/b10-7-,12-9-,19-16-,21-18-,23-20-,26-25-,29-28-,32-31-,35-34-,38-37-,41-40-,52-48-. The molecule has 0 aliphatic heterocycles. The van der Waals surface area contributed by atoms with Gasteiger partial charge in [-0.05, 0) is 141 Å². The van der Waals surface area contributed by atoms with Gasteiger partial charge < -0.3 is 14.2 Å². The van der Waals surface area contributed by atoms with Gasteiger partial charge in [0.15, 0.2) is 6.10 Å². The third-order valence-electron chi connectivity index (χ3n) is 13.3. The van der Waals surface area contributed by atoms with Gasteiger partial charge in [0.1, 0.15) is 13.2 Å². The van der Waals surface area contributed by atoms with Gasteiger partial charge in [0, 0.05) is 19.3 Å². The number of esters is 3. The average Bonchev–Trinajstić information content (AvgIpc) is 3.45. The van der Waals surface area contributed by atoms with Gasteiger partial charge in [0.2, 0.25) is 0 Å². The second-order valence-corrected chi connectivity index (χ2v) is 20.9. The van der Waals surface area contributed by atoms with Crippen molar-refractivity contribution in [2.75, 3.05) is 13.2 Å². The van der Waals surface area contributed by atoms with Gasteiger partial charge in [0.05, 0.1) is 0 Å². The fourth-order valence-electron chi connectivity index (χ4n) is 8.53. The SMILES string of the molecule is CC/C=C\C/C=C\C/C=C\C/C=C\C/C=C\C/C=C\C/C=C\C/C=C\CCCCCCCCCCCCC(=O)OCC(COC(=O)CCCCCCC/C=C\CCCCCC)OC(=O)CCCCC/C=C\C/C=C\C/C=C\CC. The number of allylic oxidation sites excluding steroid dienone is 24. The zero-order valence-corrected chi connectivity index (χ0v) is 51.1. The molecule has 1 unspecified atom stereocenters. The Kier molecular flexibility index (Phi) is 61.9. The van der Waals surface area contributed by atoms with Gasteiger partial charge in [-0.1, -0.05) is 263 Å². The lowest BCUT2D eigenvalue weighted by molar-refractivity contribution is -0.167. The van der Waals surface area contributed by atoms with Gasteiger partial charge in [-0.15, -0.1) is 0 Å². The maximum atomic E-state index is 12.8. The molecule has 0 aromatic heterocycles. The molecular formula is C73H118O6. The average molecular weight is 1090 g/mol. The summed E-state index contributed by atoms with van der Waals surface area (Å²) in [6, 6.07) is 0. The molecule has 0 aliphatic rings. The fourth-order valence-corrected chi connectivity index (χ4v) is 8.53. The monoisotopic (exact) mass is 1090 g/mol. The van der Waals surface area contributed by atoms with E-state index in [4.69, 9.17) is 14.2 Å². The first-order valence-electron chi connectivity index (χ1n) is 32.3. The molecular weight excluding hydrogens is 973 g/mol. The highest BCUT2D eigenvalue weighted by Crippen LogP contribution is 2.15. The van der Waals surface area contributed by atoms with Crippen molar-refractivity contribution in [2.45, 2.75) is 284 Å². The summed E-state index contributed by atoms with van der Waals surface area (Å²) in [4.78, 5) is 38.2. The summed E-state index contributed by atoms with van der Waals surface area (Å²) in [5.41, 5.74) is 0. The van der Waals surface area contributed by atoms with Gasteiger partial charge in [-0.2, -0.15) is 0 Å². The summed E-state index contributed by atoms with van der Waals surface area (Å²) < 4.78 is 16.8. The number of unbranched alkanes of at least 4 members (excludes halogenated alkanes) is 22. The molecule has 0 saturated carbocycles. The Morgan fingerprint density at radius 3 is 0.797 bits per heavy atom. The Morgan fingerprint density at radius 2 is 0.494 bits per heavy atom. The van der Waals surface area contributed by atoms with Crippen LogP contribution < -0.4 is 0 Å². The van der Waals surface area contributed by atoms with Crippen LogP contribution in [0.1, 0.15) is 278 Å². The zero-order chi connectivity index (χ0) is 57.1. The summed E-state index contributed by atoms with van der Waals surface area (Å²) in [5.74, 6) is -0.942. The molecule has 0 aromatic rings. The van der Waals surface area contributed by atoms with E-state index in [0.29, 0.717) is 12.8 Å². The number of carbonyl (C=O) groups is 3. The van der Waals surface area contributed by atoms with Crippen LogP contribution in [0.5, 0.6) is 0 Å². The van der Waals surface area contributed by atoms with E-state index in [0.717, 1.165) is 154 Å². The highest BCUT2D eigenvalue weighted by Gasteiger charge is 2.19. The van der Waals surface area contributed by atoms with Gasteiger partial charge in [-0.25, -0.2) is 0 Å². The Labute approximate surface area is 487 Å². The predicted molar refractivity (Wildman–Crippen MR) is 343 cm³/mol. The van der Waals surface area contributed by atoms with Crippen molar-refractivity contribution in [2.24, 2.45) is 0 Å². The van der Waals surface area contributed by atoms with Crippen LogP contribution in [-0.2, 0) is 28.6 Å². The van der Waals surface area contributed by atoms with Crippen LogP contribution in [0.2, 0.25) is 0 Å². The van der Waals surface area contributed by atoms with Crippen LogP contribution in [-0.4, -0.2) is 37.2 Å². The van der Waals surface area contributed by atoms with E-state index in [-0.39, 0.29) is 37.5 Å². The smallest absolute Gasteiger partial charge is 0.306 e. The summed E-state index contributed by atoms with van der Waals surface area (Å²) in [7, 11) is 0. The van der Waals surface area contributed by atoms with E-state index < -0.39 is 6.10 Å². The van der Waals surface area contributed by atoms with Crippen LogP contribution in [0.25, 0.3) is 0 Å². The number of rotatable bonds is 57. The normalized spacial score (nSPS) is 13.1. The van der Waals surface area contributed by atoms with Crippen molar-refractivity contribution in [3.63, 3.8) is 0 Å². The first kappa shape index (κ1) is 74.3. The Morgan fingerprint density at radius 1 is 0.266 bits per heavy atom. The van der Waals surface area contributed by atoms with Crippen molar-refractivity contribution in [1.29, 1.82) is 0 Å². The minimum Gasteiger partial charge on any atom is -0.462 e. The van der Waals surface area contributed by atoms with Crippen LogP contribution >= 0.6 is 0 Å². The highest BCUT2D eigenvalue weighted by atomic mass is 16.6. The molecule has 6 heteroatoms. The van der Waals surface area contributed by atoms with E-state index >= 15 is 0 Å². The molecule has 0 N–H and O–H groups in total. The molecule has 0 heterocycles. The van der Waals surface area contributed by atoms with Gasteiger partial charge in [0.25, 0.3) is 0 Å².